The van der Waals surface area contributed by atoms with E-state index in [-0.39, 0.29) is 54.0 Å². The second kappa shape index (κ2) is 13.6. The molecule has 0 heterocycles. The van der Waals surface area contributed by atoms with Gasteiger partial charge in [0.05, 0.1) is 6.54 Å². The zero-order valence-corrected chi connectivity index (χ0v) is 19.4. The summed E-state index contributed by atoms with van der Waals surface area (Å²) < 4.78 is 19.5. The lowest BCUT2D eigenvalue weighted by Crippen LogP contribution is -2.43. The molecule has 0 saturated carbocycles. The number of aliphatic imine (C=N–C) groups is 1. The van der Waals surface area contributed by atoms with Crippen molar-refractivity contribution in [3.8, 4) is 11.5 Å². The Bertz CT molecular complexity index is 818. The number of carbonyl (C=O) groups excluding carboxylic acids is 1. The fourth-order valence-corrected chi connectivity index (χ4v) is 2.44. The summed E-state index contributed by atoms with van der Waals surface area (Å²) in [6, 6.07) is 12.5. The molecule has 9 heteroatoms. The number of halogens is 2. The number of benzene rings is 2. The quantitative estimate of drug-likeness (QED) is 0.172. The van der Waals surface area contributed by atoms with Crippen molar-refractivity contribution >= 4 is 41.5 Å². The highest BCUT2D eigenvalue weighted by molar-refractivity contribution is 14.0. The number of ether oxygens (including phenoxy) is 1. The van der Waals surface area contributed by atoms with Gasteiger partial charge >= 0.3 is 0 Å². The van der Waals surface area contributed by atoms with Gasteiger partial charge in [-0.1, -0.05) is 19.1 Å². The summed E-state index contributed by atoms with van der Waals surface area (Å²) in [6.07, 6.45) is 0.406. The van der Waals surface area contributed by atoms with E-state index in [1.54, 1.807) is 30.3 Å². The highest BCUT2D eigenvalue weighted by atomic mass is 127. The van der Waals surface area contributed by atoms with Gasteiger partial charge in [0.25, 0.3) is 0 Å². The summed E-state index contributed by atoms with van der Waals surface area (Å²) in [5.74, 6) is 0.100. The fraction of sp³-hybridized carbons (Fsp3) is 0.333. The molecule has 164 valence electrons. The SMILES string of the molecule is CCNC(=NCC(=O)Nc1ccc(O)cc1)NCC(CC)Oc1ccccc1F.I. The number of amides is 1. The minimum atomic E-state index is -0.405. The average molecular weight is 530 g/mol. The minimum Gasteiger partial charge on any atom is -0.508 e. The van der Waals surface area contributed by atoms with E-state index < -0.39 is 5.82 Å². The topological polar surface area (TPSA) is 95.0 Å². The number of aromatic hydroxyl groups is 1. The molecule has 0 aliphatic heterocycles. The van der Waals surface area contributed by atoms with E-state index in [1.165, 1.54) is 18.2 Å². The molecule has 7 nitrogen and oxygen atoms in total. The number of phenols is 1. The molecule has 30 heavy (non-hydrogen) atoms. The molecule has 0 aromatic heterocycles. The number of anilines is 1. The molecule has 2 rings (SSSR count). The summed E-state index contributed by atoms with van der Waals surface area (Å²) in [6.45, 7) is 4.80. The van der Waals surface area contributed by atoms with E-state index in [1.807, 2.05) is 13.8 Å². The summed E-state index contributed by atoms with van der Waals surface area (Å²) in [4.78, 5) is 16.3. The number of phenolic OH excluding ortho intramolecular Hbond substituents is 1. The van der Waals surface area contributed by atoms with Gasteiger partial charge in [-0.15, -0.1) is 24.0 Å². The first-order chi connectivity index (χ1) is 14.0. The zero-order chi connectivity index (χ0) is 21.1. The first-order valence-electron chi connectivity index (χ1n) is 9.54. The highest BCUT2D eigenvalue weighted by Crippen LogP contribution is 2.17. The second-order valence-corrected chi connectivity index (χ2v) is 6.25. The van der Waals surface area contributed by atoms with Crippen LogP contribution in [-0.4, -0.2) is 42.7 Å². The van der Waals surface area contributed by atoms with Crippen molar-refractivity contribution in [2.75, 3.05) is 25.0 Å². The van der Waals surface area contributed by atoms with Crippen molar-refractivity contribution in [3.63, 3.8) is 0 Å². The van der Waals surface area contributed by atoms with Crippen LogP contribution in [-0.2, 0) is 4.79 Å². The number of hydrogen-bond acceptors (Lipinski definition) is 4. The van der Waals surface area contributed by atoms with Crippen LogP contribution in [0.15, 0.2) is 53.5 Å². The molecule has 1 unspecified atom stereocenters. The Hall–Kier alpha value is -2.56. The van der Waals surface area contributed by atoms with E-state index in [0.29, 0.717) is 31.2 Å². The van der Waals surface area contributed by atoms with Crippen molar-refractivity contribution in [2.24, 2.45) is 4.99 Å². The van der Waals surface area contributed by atoms with Crippen LogP contribution in [0.2, 0.25) is 0 Å². The van der Waals surface area contributed by atoms with E-state index >= 15 is 0 Å². The first kappa shape index (κ1) is 25.5. The molecular formula is C21H28FIN4O3. The second-order valence-electron chi connectivity index (χ2n) is 6.25. The third-order valence-corrected chi connectivity index (χ3v) is 3.96. The predicted molar refractivity (Wildman–Crippen MR) is 127 cm³/mol. The van der Waals surface area contributed by atoms with Gasteiger partial charge in [0.1, 0.15) is 18.4 Å². The van der Waals surface area contributed by atoms with Crippen molar-refractivity contribution in [1.82, 2.24) is 10.6 Å². The molecule has 0 radical (unpaired) electrons. The smallest absolute Gasteiger partial charge is 0.246 e. The molecule has 0 saturated heterocycles. The maximum absolute atomic E-state index is 13.8. The lowest BCUT2D eigenvalue weighted by Gasteiger charge is -2.20. The van der Waals surface area contributed by atoms with Crippen molar-refractivity contribution in [3.05, 3.63) is 54.3 Å². The number of para-hydroxylation sites is 1. The Balaban J connectivity index is 0.00000450. The van der Waals surface area contributed by atoms with Crippen LogP contribution in [0.25, 0.3) is 0 Å². The predicted octanol–water partition coefficient (Wildman–Crippen LogP) is 3.50. The van der Waals surface area contributed by atoms with Gasteiger partial charge in [0.2, 0.25) is 5.91 Å². The maximum Gasteiger partial charge on any atom is 0.246 e. The highest BCUT2D eigenvalue weighted by Gasteiger charge is 2.12. The molecule has 0 fully saturated rings. The van der Waals surface area contributed by atoms with Crippen LogP contribution in [0.5, 0.6) is 11.5 Å². The summed E-state index contributed by atoms with van der Waals surface area (Å²) >= 11 is 0. The first-order valence-corrected chi connectivity index (χ1v) is 9.54. The Morgan fingerprint density at radius 3 is 2.47 bits per heavy atom. The normalized spacial score (nSPS) is 11.8. The van der Waals surface area contributed by atoms with Crippen molar-refractivity contribution in [1.29, 1.82) is 0 Å². The Morgan fingerprint density at radius 2 is 1.83 bits per heavy atom. The van der Waals surface area contributed by atoms with Gasteiger partial charge < -0.3 is 25.8 Å². The van der Waals surface area contributed by atoms with Gasteiger partial charge in [-0.3, -0.25) is 4.79 Å². The van der Waals surface area contributed by atoms with Gasteiger partial charge in [0.15, 0.2) is 17.5 Å². The van der Waals surface area contributed by atoms with E-state index in [2.05, 4.69) is 20.9 Å². The Kier molecular flexibility index (Phi) is 11.6. The zero-order valence-electron chi connectivity index (χ0n) is 17.0. The molecule has 0 bridgehead atoms. The molecule has 2 aromatic carbocycles. The molecule has 0 spiro atoms. The van der Waals surface area contributed by atoms with Crippen LogP contribution in [0.1, 0.15) is 20.3 Å². The van der Waals surface area contributed by atoms with E-state index in [9.17, 15) is 14.3 Å². The van der Waals surface area contributed by atoms with Gasteiger partial charge in [0, 0.05) is 12.2 Å². The molecule has 1 atom stereocenters. The third-order valence-electron chi connectivity index (χ3n) is 3.96. The van der Waals surface area contributed by atoms with Crippen LogP contribution < -0.4 is 20.7 Å². The van der Waals surface area contributed by atoms with Gasteiger partial charge in [-0.25, -0.2) is 9.38 Å². The molecule has 0 aliphatic rings. The number of nitrogens with one attached hydrogen (secondary N) is 3. The minimum absolute atomic E-state index is 0. The van der Waals surface area contributed by atoms with E-state index in [0.717, 1.165) is 0 Å². The molecular weight excluding hydrogens is 502 g/mol. The van der Waals surface area contributed by atoms with Crippen molar-refractivity contribution in [2.45, 2.75) is 26.4 Å². The Morgan fingerprint density at radius 1 is 1.13 bits per heavy atom. The molecule has 2 aromatic rings. The van der Waals surface area contributed by atoms with Crippen molar-refractivity contribution < 1.29 is 19.0 Å². The number of rotatable bonds is 9. The summed E-state index contributed by atoms with van der Waals surface area (Å²) in [5.41, 5.74) is 0.574. The third kappa shape index (κ3) is 8.85. The monoisotopic (exact) mass is 530 g/mol. The summed E-state index contributed by atoms with van der Waals surface area (Å²) in [5, 5.41) is 18.2. The molecule has 0 aliphatic carbocycles. The molecule has 4 N–H and O–H groups in total. The van der Waals surface area contributed by atoms with Crippen LogP contribution >= 0.6 is 24.0 Å². The number of hydrogen-bond donors (Lipinski definition) is 4. The molecule has 1 amide bonds. The Labute approximate surface area is 193 Å². The van der Waals surface area contributed by atoms with Gasteiger partial charge in [-0.2, -0.15) is 0 Å². The summed E-state index contributed by atoms with van der Waals surface area (Å²) in [7, 11) is 0. The number of nitrogens with zero attached hydrogens (tertiary/aromatic N) is 1. The van der Waals surface area contributed by atoms with Crippen LogP contribution in [0, 0.1) is 5.82 Å². The van der Waals surface area contributed by atoms with E-state index in [4.69, 9.17) is 4.74 Å². The fourth-order valence-electron chi connectivity index (χ4n) is 2.44. The average Bonchev–Trinajstić information content (AvgIpc) is 2.72. The van der Waals surface area contributed by atoms with Gasteiger partial charge in [-0.05, 0) is 49.7 Å². The van der Waals surface area contributed by atoms with Crippen LogP contribution in [0.4, 0.5) is 10.1 Å². The maximum atomic E-state index is 13.8. The number of carbonyl (C=O) groups is 1. The standard InChI is InChI=1S/C21H27FN4O3.HI/c1-3-17(29-19-8-6-5-7-18(19)22)13-24-21(23-4-2)25-14-20(28)26-15-9-11-16(27)12-10-15;/h5-12,17,27H,3-4,13-14H2,1-2H3,(H,26,28)(H2,23,24,25);1H. The lowest BCUT2D eigenvalue weighted by molar-refractivity contribution is -0.114. The van der Waals surface area contributed by atoms with Crippen LogP contribution in [0.3, 0.4) is 0 Å². The largest absolute Gasteiger partial charge is 0.508 e. The number of guanidine groups is 1. The lowest BCUT2D eigenvalue weighted by atomic mass is 10.2.